The standard InChI is InChI=1S/C14H30O2/c1-4-7-9-10-12-15-16-13-14(6-3)11-8-5-2/h14H,4-13H2,1-3H3. The lowest BCUT2D eigenvalue weighted by molar-refractivity contribution is -0.302. The summed E-state index contributed by atoms with van der Waals surface area (Å²) in [6, 6.07) is 0. The molecule has 1 unspecified atom stereocenters. The average Bonchev–Trinajstić information content (AvgIpc) is 2.32. The van der Waals surface area contributed by atoms with Crippen molar-refractivity contribution in [1.82, 2.24) is 0 Å². The van der Waals surface area contributed by atoms with Gasteiger partial charge in [0.1, 0.15) is 0 Å². The van der Waals surface area contributed by atoms with Crippen LogP contribution in [0, 0.1) is 5.92 Å². The molecule has 0 aliphatic rings. The smallest absolute Gasteiger partial charge is 0.0850 e. The van der Waals surface area contributed by atoms with Crippen LogP contribution in [0.2, 0.25) is 0 Å². The summed E-state index contributed by atoms with van der Waals surface area (Å²) in [5.74, 6) is 0.676. The summed E-state index contributed by atoms with van der Waals surface area (Å²) < 4.78 is 0. The fourth-order valence-electron chi connectivity index (χ4n) is 1.69. The van der Waals surface area contributed by atoms with Crippen LogP contribution < -0.4 is 0 Å². The van der Waals surface area contributed by atoms with Crippen LogP contribution in [0.15, 0.2) is 0 Å². The van der Waals surface area contributed by atoms with Crippen molar-refractivity contribution in [2.24, 2.45) is 5.92 Å². The predicted octanol–water partition coefficient (Wildman–Crippen LogP) is 4.73. The molecule has 0 N–H and O–H groups in total. The molecule has 0 aromatic heterocycles. The summed E-state index contributed by atoms with van der Waals surface area (Å²) in [5.41, 5.74) is 0. The minimum Gasteiger partial charge on any atom is -0.237 e. The van der Waals surface area contributed by atoms with Crippen molar-refractivity contribution in [3.05, 3.63) is 0 Å². The van der Waals surface area contributed by atoms with Gasteiger partial charge in [0.05, 0.1) is 13.2 Å². The van der Waals surface area contributed by atoms with Gasteiger partial charge in [-0.15, -0.1) is 0 Å². The fourth-order valence-corrected chi connectivity index (χ4v) is 1.69. The van der Waals surface area contributed by atoms with E-state index in [2.05, 4.69) is 20.8 Å². The van der Waals surface area contributed by atoms with E-state index in [0.29, 0.717) is 5.92 Å². The van der Waals surface area contributed by atoms with Crippen molar-refractivity contribution in [2.75, 3.05) is 13.2 Å². The van der Waals surface area contributed by atoms with Gasteiger partial charge in [-0.1, -0.05) is 59.3 Å². The van der Waals surface area contributed by atoms with Crippen LogP contribution in [0.4, 0.5) is 0 Å². The van der Waals surface area contributed by atoms with Gasteiger partial charge in [0.25, 0.3) is 0 Å². The van der Waals surface area contributed by atoms with Gasteiger partial charge in [-0.05, 0) is 18.8 Å². The van der Waals surface area contributed by atoms with Gasteiger partial charge in [-0.3, -0.25) is 0 Å². The Hall–Kier alpha value is -0.0800. The Kier molecular flexibility index (Phi) is 12.9. The first-order chi connectivity index (χ1) is 7.85. The number of hydrogen-bond donors (Lipinski definition) is 0. The molecular weight excluding hydrogens is 200 g/mol. The maximum absolute atomic E-state index is 5.26. The Morgan fingerprint density at radius 2 is 1.56 bits per heavy atom. The number of rotatable bonds is 12. The molecule has 0 rings (SSSR count). The molecule has 16 heavy (non-hydrogen) atoms. The third-order valence-corrected chi connectivity index (χ3v) is 3.01. The summed E-state index contributed by atoms with van der Waals surface area (Å²) in [5, 5.41) is 0. The van der Waals surface area contributed by atoms with Crippen LogP contribution >= 0.6 is 0 Å². The lowest BCUT2D eigenvalue weighted by Crippen LogP contribution is -2.09. The first kappa shape index (κ1) is 15.9. The second kappa shape index (κ2) is 13.0. The van der Waals surface area contributed by atoms with E-state index in [-0.39, 0.29) is 0 Å². The van der Waals surface area contributed by atoms with Crippen molar-refractivity contribution in [1.29, 1.82) is 0 Å². The monoisotopic (exact) mass is 230 g/mol. The molecule has 0 saturated carbocycles. The molecule has 2 heteroatoms. The molecule has 0 amide bonds. The molecule has 98 valence electrons. The van der Waals surface area contributed by atoms with Crippen molar-refractivity contribution in [3.63, 3.8) is 0 Å². The quantitative estimate of drug-likeness (QED) is 0.274. The van der Waals surface area contributed by atoms with Crippen molar-refractivity contribution in [2.45, 2.75) is 72.1 Å². The van der Waals surface area contributed by atoms with E-state index in [0.717, 1.165) is 19.6 Å². The third kappa shape index (κ3) is 10.4. The SMILES string of the molecule is CCCCCCOOCC(CC)CCCC. The minimum atomic E-state index is 0.676. The van der Waals surface area contributed by atoms with Crippen LogP contribution in [-0.2, 0) is 9.78 Å². The predicted molar refractivity (Wildman–Crippen MR) is 69.4 cm³/mol. The van der Waals surface area contributed by atoms with Crippen LogP contribution in [0.1, 0.15) is 72.1 Å². The van der Waals surface area contributed by atoms with Crippen LogP contribution in [0.3, 0.4) is 0 Å². The van der Waals surface area contributed by atoms with Gasteiger partial charge in [0.2, 0.25) is 0 Å². The maximum Gasteiger partial charge on any atom is 0.0850 e. The van der Waals surface area contributed by atoms with Crippen LogP contribution in [-0.4, -0.2) is 13.2 Å². The fraction of sp³-hybridized carbons (Fsp3) is 1.00. The molecule has 0 aliphatic heterocycles. The summed E-state index contributed by atoms with van der Waals surface area (Å²) in [4.78, 5) is 10.5. The van der Waals surface area contributed by atoms with E-state index in [9.17, 15) is 0 Å². The topological polar surface area (TPSA) is 18.5 Å². The van der Waals surface area contributed by atoms with E-state index in [1.807, 2.05) is 0 Å². The molecule has 0 aromatic carbocycles. The van der Waals surface area contributed by atoms with E-state index < -0.39 is 0 Å². The third-order valence-electron chi connectivity index (χ3n) is 3.01. The van der Waals surface area contributed by atoms with E-state index >= 15 is 0 Å². The second-order valence-electron chi connectivity index (χ2n) is 4.58. The molecule has 2 nitrogen and oxygen atoms in total. The Balaban J connectivity index is 3.20. The van der Waals surface area contributed by atoms with Crippen molar-refractivity contribution < 1.29 is 9.78 Å². The Labute approximate surface area is 102 Å². The molecule has 0 spiro atoms. The van der Waals surface area contributed by atoms with Crippen molar-refractivity contribution >= 4 is 0 Å². The van der Waals surface area contributed by atoms with Gasteiger partial charge in [-0.2, -0.15) is 0 Å². The Bertz CT molecular complexity index is 126. The zero-order chi connectivity index (χ0) is 12.1. The molecule has 0 saturated heterocycles. The lowest BCUT2D eigenvalue weighted by Gasteiger charge is -2.13. The molecule has 0 fully saturated rings. The first-order valence-electron chi connectivity index (χ1n) is 7.09. The van der Waals surface area contributed by atoms with Gasteiger partial charge < -0.3 is 0 Å². The summed E-state index contributed by atoms with van der Waals surface area (Å²) in [6.45, 7) is 8.20. The highest BCUT2D eigenvalue weighted by Crippen LogP contribution is 2.13. The van der Waals surface area contributed by atoms with Crippen LogP contribution in [0.25, 0.3) is 0 Å². The van der Waals surface area contributed by atoms with E-state index in [1.54, 1.807) is 0 Å². The van der Waals surface area contributed by atoms with Crippen LogP contribution in [0.5, 0.6) is 0 Å². The first-order valence-corrected chi connectivity index (χ1v) is 7.09. The molecule has 0 aliphatic carbocycles. The minimum absolute atomic E-state index is 0.676. The molecule has 0 aromatic rings. The highest BCUT2D eigenvalue weighted by atomic mass is 17.2. The average molecular weight is 230 g/mol. The summed E-state index contributed by atoms with van der Waals surface area (Å²) in [6.07, 6.45) is 10.00. The Morgan fingerprint density at radius 1 is 0.812 bits per heavy atom. The highest BCUT2D eigenvalue weighted by Gasteiger charge is 2.06. The maximum atomic E-state index is 5.26. The molecule has 1 atom stereocenters. The van der Waals surface area contributed by atoms with Gasteiger partial charge >= 0.3 is 0 Å². The molecule has 0 radical (unpaired) electrons. The van der Waals surface area contributed by atoms with Gasteiger partial charge in [0, 0.05) is 0 Å². The number of hydrogen-bond acceptors (Lipinski definition) is 2. The van der Waals surface area contributed by atoms with Gasteiger partial charge in [-0.25, -0.2) is 9.78 Å². The normalized spacial score (nSPS) is 12.9. The largest absolute Gasteiger partial charge is 0.237 e. The zero-order valence-corrected chi connectivity index (χ0v) is 11.5. The molecule has 0 bridgehead atoms. The molecular formula is C14H30O2. The van der Waals surface area contributed by atoms with E-state index in [4.69, 9.17) is 9.78 Å². The summed E-state index contributed by atoms with van der Waals surface area (Å²) >= 11 is 0. The lowest BCUT2D eigenvalue weighted by atomic mass is 10.0. The highest BCUT2D eigenvalue weighted by molar-refractivity contribution is 4.54. The van der Waals surface area contributed by atoms with Crippen molar-refractivity contribution in [3.8, 4) is 0 Å². The number of unbranched alkanes of at least 4 members (excludes halogenated alkanes) is 4. The second-order valence-corrected chi connectivity index (χ2v) is 4.58. The van der Waals surface area contributed by atoms with Gasteiger partial charge in [0.15, 0.2) is 0 Å². The van der Waals surface area contributed by atoms with E-state index in [1.165, 1.54) is 44.9 Å². The zero-order valence-electron chi connectivity index (χ0n) is 11.5. The summed E-state index contributed by atoms with van der Waals surface area (Å²) in [7, 11) is 0. The Morgan fingerprint density at radius 3 is 2.19 bits per heavy atom. The molecule has 0 heterocycles.